The van der Waals surface area contributed by atoms with Gasteiger partial charge in [0.2, 0.25) is 0 Å². The van der Waals surface area contributed by atoms with Crippen molar-refractivity contribution in [2.24, 2.45) is 0 Å². The van der Waals surface area contributed by atoms with Crippen LogP contribution in [0, 0.1) is 27.7 Å². The summed E-state index contributed by atoms with van der Waals surface area (Å²) in [5.41, 5.74) is 16.5. The topological polar surface area (TPSA) is 9.72 Å². The Morgan fingerprint density at radius 1 is 0.351 bits per heavy atom. The quantitative estimate of drug-likeness (QED) is 0.167. The zero-order chi connectivity index (χ0) is 39.2. The molecule has 0 unspecified atom stereocenters. The lowest BCUT2D eigenvalue weighted by atomic mass is 9.83. The Kier molecular flexibility index (Phi) is 7.95. The number of nitrogens with zero attached hydrogens (tertiary/aromatic N) is 3. The zero-order valence-electron chi connectivity index (χ0n) is 33.9. The first-order valence-corrected chi connectivity index (χ1v) is 20.1. The summed E-state index contributed by atoms with van der Waals surface area (Å²) in [6.07, 6.45) is 0. The summed E-state index contributed by atoms with van der Waals surface area (Å²) >= 11 is 0. The van der Waals surface area contributed by atoms with Crippen LogP contribution in [0.15, 0.2) is 158 Å². The third kappa shape index (κ3) is 5.56. The minimum atomic E-state index is 0.0243. The lowest BCUT2D eigenvalue weighted by Gasteiger charge is -2.36. The Morgan fingerprint density at radius 3 is 1.19 bits per heavy atom. The molecule has 0 atom stereocenters. The molecule has 6 bridgehead atoms. The highest BCUT2D eigenvalue weighted by Crippen LogP contribution is 2.53. The van der Waals surface area contributed by atoms with E-state index in [1.165, 1.54) is 71.5 Å². The lowest BCUT2D eigenvalue weighted by molar-refractivity contribution is 0.591. The first kappa shape index (κ1) is 34.9. The van der Waals surface area contributed by atoms with Crippen LogP contribution in [0.1, 0.15) is 48.6 Å². The summed E-state index contributed by atoms with van der Waals surface area (Å²) in [5, 5.41) is 7.62. The SMILES string of the molecule is Cc1cccc(C)c1N1c2cccc(c2)N(c2ccccc2)c2cccc(c2)N(c2c(C)cccc2C)c2cc1c1ccc3cc(C(C)(C)C)cc4ccc2c1c34. The minimum absolute atomic E-state index is 0.0243. The molecule has 1 aliphatic rings. The fourth-order valence-corrected chi connectivity index (χ4v) is 9.34. The van der Waals surface area contributed by atoms with Crippen molar-refractivity contribution >= 4 is 83.5 Å². The van der Waals surface area contributed by atoms with Crippen LogP contribution in [0.4, 0.5) is 51.2 Å². The maximum atomic E-state index is 2.53. The molecule has 0 aromatic heterocycles. The summed E-state index contributed by atoms with van der Waals surface area (Å²) in [6, 6.07) is 59.1. The van der Waals surface area contributed by atoms with E-state index in [4.69, 9.17) is 0 Å². The van der Waals surface area contributed by atoms with Gasteiger partial charge in [0.1, 0.15) is 0 Å². The molecule has 9 aromatic rings. The number of anilines is 9. The Labute approximate surface area is 336 Å². The van der Waals surface area contributed by atoms with Crippen LogP contribution < -0.4 is 14.7 Å². The number of hydrogen-bond acceptors (Lipinski definition) is 3. The molecular weight excluding hydrogens is 691 g/mol. The van der Waals surface area contributed by atoms with Gasteiger partial charge in [-0.05, 0) is 132 Å². The maximum absolute atomic E-state index is 2.53. The summed E-state index contributed by atoms with van der Waals surface area (Å²) in [5.74, 6) is 0. The molecule has 1 aliphatic heterocycles. The molecule has 0 radical (unpaired) electrons. The van der Waals surface area contributed by atoms with E-state index in [-0.39, 0.29) is 5.41 Å². The lowest BCUT2D eigenvalue weighted by Crippen LogP contribution is -2.19. The molecule has 278 valence electrons. The predicted octanol–water partition coefficient (Wildman–Crippen LogP) is 15.8. The Hall–Kier alpha value is -6.58. The average Bonchev–Trinajstić information content (AvgIpc) is 3.20. The Morgan fingerprint density at radius 2 is 0.754 bits per heavy atom. The van der Waals surface area contributed by atoms with Crippen LogP contribution in [-0.4, -0.2) is 0 Å². The number of fused-ring (bicyclic) bond motifs is 8. The largest absolute Gasteiger partial charge is 0.310 e. The van der Waals surface area contributed by atoms with Gasteiger partial charge in [-0.25, -0.2) is 0 Å². The molecule has 9 aromatic carbocycles. The molecular formula is C54H47N3. The highest BCUT2D eigenvalue weighted by atomic mass is 15.2. The fourth-order valence-electron chi connectivity index (χ4n) is 9.34. The molecule has 10 rings (SSSR count). The van der Waals surface area contributed by atoms with Crippen molar-refractivity contribution in [2.45, 2.75) is 53.9 Å². The molecule has 0 aliphatic carbocycles. The third-order valence-corrected chi connectivity index (χ3v) is 12.1. The molecule has 57 heavy (non-hydrogen) atoms. The van der Waals surface area contributed by atoms with Crippen molar-refractivity contribution in [3.05, 3.63) is 186 Å². The average molecular weight is 738 g/mol. The first-order chi connectivity index (χ1) is 27.6. The molecule has 0 saturated carbocycles. The van der Waals surface area contributed by atoms with E-state index in [2.05, 4.69) is 221 Å². The van der Waals surface area contributed by atoms with Crippen molar-refractivity contribution in [1.82, 2.24) is 0 Å². The smallest absolute Gasteiger partial charge is 0.0561 e. The minimum Gasteiger partial charge on any atom is -0.310 e. The summed E-state index contributed by atoms with van der Waals surface area (Å²) in [4.78, 5) is 7.46. The van der Waals surface area contributed by atoms with E-state index in [9.17, 15) is 0 Å². The van der Waals surface area contributed by atoms with Gasteiger partial charge in [-0.1, -0.05) is 124 Å². The number of para-hydroxylation sites is 3. The van der Waals surface area contributed by atoms with E-state index >= 15 is 0 Å². The zero-order valence-corrected chi connectivity index (χ0v) is 33.9. The summed E-state index contributed by atoms with van der Waals surface area (Å²) in [7, 11) is 0. The van der Waals surface area contributed by atoms with E-state index in [1.54, 1.807) is 0 Å². The fraction of sp³-hybridized carbons (Fsp3) is 0.148. The third-order valence-electron chi connectivity index (χ3n) is 12.1. The van der Waals surface area contributed by atoms with Gasteiger partial charge in [-0.2, -0.15) is 0 Å². The number of rotatable bonds is 3. The Balaban J connectivity index is 1.43. The molecule has 1 heterocycles. The van der Waals surface area contributed by atoms with Crippen molar-refractivity contribution in [3.63, 3.8) is 0 Å². The van der Waals surface area contributed by atoms with Gasteiger partial charge in [-0.3, -0.25) is 0 Å². The molecule has 0 fully saturated rings. The van der Waals surface area contributed by atoms with E-state index in [0.717, 1.165) is 39.8 Å². The Bertz CT molecular complexity index is 2800. The van der Waals surface area contributed by atoms with Crippen LogP contribution in [0.2, 0.25) is 0 Å². The van der Waals surface area contributed by atoms with Gasteiger partial charge >= 0.3 is 0 Å². The molecule has 0 saturated heterocycles. The molecule has 0 N–H and O–H groups in total. The molecule has 0 spiro atoms. The van der Waals surface area contributed by atoms with Crippen molar-refractivity contribution in [3.8, 4) is 0 Å². The molecule has 0 amide bonds. The van der Waals surface area contributed by atoms with Crippen LogP contribution in [-0.2, 0) is 5.41 Å². The van der Waals surface area contributed by atoms with Crippen molar-refractivity contribution < 1.29 is 0 Å². The number of benzene rings is 9. The predicted molar refractivity (Wildman–Crippen MR) is 245 cm³/mol. The van der Waals surface area contributed by atoms with Gasteiger partial charge < -0.3 is 14.7 Å². The normalized spacial score (nSPS) is 13.1. The number of aryl methyl sites for hydroxylation is 4. The van der Waals surface area contributed by atoms with Crippen LogP contribution in [0.5, 0.6) is 0 Å². The van der Waals surface area contributed by atoms with E-state index in [1.807, 2.05) is 0 Å². The maximum Gasteiger partial charge on any atom is 0.0561 e. The van der Waals surface area contributed by atoms with Gasteiger partial charge in [0, 0.05) is 44.6 Å². The van der Waals surface area contributed by atoms with Crippen LogP contribution >= 0.6 is 0 Å². The van der Waals surface area contributed by atoms with Crippen molar-refractivity contribution in [1.29, 1.82) is 0 Å². The highest BCUT2D eigenvalue weighted by molar-refractivity contribution is 6.29. The summed E-state index contributed by atoms with van der Waals surface area (Å²) < 4.78 is 0. The van der Waals surface area contributed by atoms with E-state index in [0.29, 0.717) is 0 Å². The van der Waals surface area contributed by atoms with Gasteiger partial charge in [0.15, 0.2) is 0 Å². The van der Waals surface area contributed by atoms with Gasteiger partial charge in [-0.15, -0.1) is 0 Å². The van der Waals surface area contributed by atoms with Gasteiger partial charge in [0.25, 0.3) is 0 Å². The first-order valence-electron chi connectivity index (χ1n) is 20.1. The highest BCUT2D eigenvalue weighted by Gasteiger charge is 2.29. The van der Waals surface area contributed by atoms with Gasteiger partial charge in [0.05, 0.1) is 22.7 Å². The molecule has 3 nitrogen and oxygen atoms in total. The van der Waals surface area contributed by atoms with Crippen molar-refractivity contribution in [2.75, 3.05) is 14.7 Å². The number of hydrogen-bond donors (Lipinski definition) is 0. The van der Waals surface area contributed by atoms with E-state index < -0.39 is 0 Å². The monoisotopic (exact) mass is 737 g/mol. The standard InChI is InChI=1S/C54H47N3/c1-34-15-11-16-35(2)52(34)56-44-23-13-21-42(31-44)55(41-19-9-8-10-20-41)43-22-14-24-45(32-43)57(53-36(3)17-12-18-37(53)4)49-33-48(56)46-27-25-38-29-40(54(5,6)7)30-39-26-28-47(49)51(46)50(38)39/h8-33H,1-7H3. The molecule has 3 heteroatoms. The van der Waals surface area contributed by atoms with Crippen LogP contribution in [0.25, 0.3) is 32.3 Å². The second kappa shape index (κ2) is 13.0. The summed E-state index contributed by atoms with van der Waals surface area (Å²) in [6.45, 7) is 15.9. The second-order valence-corrected chi connectivity index (χ2v) is 16.9. The second-order valence-electron chi connectivity index (χ2n) is 16.9. The van der Waals surface area contributed by atoms with Crippen LogP contribution in [0.3, 0.4) is 0 Å².